The van der Waals surface area contributed by atoms with Crippen LogP contribution in [0.15, 0.2) is 48.0 Å². The van der Waals surface area contributed by atoms with E-state index in [2.05, 4.69) is 15.6 Å². The highest BCUT2D eigenvalue weighted by atomic mass is 32.1. The van der Waals surface area contributed by atoms with Gasteiger partial charge in [0.2, 0.25) is 0 Å². The summed E-state index contributed by atoms with van der Waals surface area (Å²) in [7, 11) is 0. The molecule has 0 spiro atoms. The van der Waals surface area contributed by atoms with Crippen LogP contribution in [0.4, 0.5) is 15.9 Å². The second-order valence-corrected chi connectivity index (χ2v) is 8.80. The van der Waals surface area contributed by atoms with Crippen LogP contribution in [0.2, 0.25) is 0 Å². The number of nitrogens with one attached hydrogen (secondary N) is 3. The largest absolute Gasteiger partial charge is 0.357 e. The van der Waals surface area contributed by atoms with Gasteiger partial charge in [-0.25, -0.2) is 9.37 Å². The molecule has 3 heterocycles. The van der Waals surface area contributed by atoms with Crippen molar-refractivity contribution in [1.82, 2.24) is 9.88 Å². The second kappa shape index (κ2) is 9.91. The quantitative estimate of drug-likeness (QED) is 0.368. The smallest absolute Gasteiger partial charge is 0.269 e. The lowest BCUT2D eigenvalue weighted by Crippen LogP contribution is -2.35. The van der Waals surface area contributed by atoms with Crippen molar-refractivity contribution in [3.63, 3.8) is 0 Å². The molecule has 1 aliphatic heterocycles. The molecular weight excluding hydrogens is 441 g/mol. The highest BCUT2D eigenvalue weighted by Gasteiger charge is 2.21. The Bertz CT molecular complexity index is 1190. The predicted octanol–water partition coefficient (Wildman–Crippen LogP) is 4.91. The third-order valence-electron chi connectivity index (χ3n) is 5.43. The van der Waals surface area contributed by atoms with Gasteiger partial charge >= 0.3 is 0 Å². The van der Waals surface area contributed by atoms with Gasteiger partial charge in [-0.05, 0) is 61.4 Å². The van der Waals surface area contributed by atoms with Crippen molar-refractivity contribution in [3.8, 4) is 0 Å². The van der Waals surface area contributed by atoms with E-state index in [1.54, 1.807) is 29.8 Å². The maximum absolute atomic E-state index is 14.8. The lowest BCUT2D eigenvalue weighted by Gasteiger charge is -2.29. The van der Waals surface area contributed by atoms with Crippen molar-refractivity contribution < 1.29 is 14.0 Å². The summed E-state index contributed by atoms with van der Waals surface area (Å²) in [4.78, 5) is 31.7. The van der Waals surface area contributed by atoms with Crippen LogP contribution in [0.5, 0.6) is 0 Å². The number of amidine groups is 1. The van der Waals surface area contributed by atoms with Crippen LogP contribution in [0.1, 0.15) is 50.4 Å². The number of rotatable bonds is 5. The molecule has 0 radical (unpaired) electrons. The summed E-state index contributed by atoms with van der Waals surface area (Å²) in [5.74, 6) is -1.13. The number of hydrogen-bond acceptors (Lipinski definition) is 5. The molecule has 3 N–H and O–H groups in total. The van der Waals surface area contributed by atoms with E-state index in [1.807, 2.05) is 17.9 Å². The number of pyridine rings is 1. The van der Waals surface area contributed by atoms with Crippen molar-refractivity contribution in [1.29, 1.82) is 5.41 Å². The average molecular weight is 466 g/mol. The molecule has 1 aliphatic rings. The van der Waals surface area contributed by atoms with E-state index < -0.39 is 17.6 Å². The zero-order valence-electron chi connectivity index (χ0n) is 18.2. The third kappa shape index (κ3) is 5.25. The van der Waals surface area contributed by atoms with Gasteiger partial charge in [0.25, 0.3) is 11.8 Å². The predicted molar refractivity (Wildman–Crippen MR) is 128 cm³/mol. The average Bonchev–Trinajstić information content (AvgIpc) is 3.28. The van der Waals surface area contributed by atoms with Gasteiger partial charge < -0.3 is 15.5 Å². The fourth-order valence-corrected chi connectivity index (χ4v) is 4.38. The Labute approximate surface area is 195 Å². The number of carbonyl (C=O) groups is 2. The molecular formula is C24H24FN5O2S. The number of amides is 2. The highest BCUT2D eigenvalue weighted by molar-refractivity contribution is 7.12. The summed E-state index contributed by atoms with van der Waals surface area (Å²) in [6.07, 6.45) is 4.81. The molecule has 170 valence electrons. The molecule has 0 saturated carbocycles. The second-order valence-electron chi connectivity index (χ2n) is 7.88. The summed E-state index contributed by atoms with van der Waals surface area (Å²) in [5.41, 5.74) is 1.55. The first-order chi connectivity index (χ1) is 15.9. The Morgan fingerprint density at radius 2 is 1.85 bits per heavy atom. The molecule has 1 aromatic carbocycles. The van der Waals surface area contributed by atoms with Gasteiger partial charge in [-0.2, -0.15) is 0 Å². The van der Waals surface area contributed by atoms with E-state index in [0.29, 0.717) is 17.1 Å². The minimum absolute atomic E-state index is 0.150. The summed E-state index contributed by atoms with van der Waals surface area (Å²) < 4.78 is 14.8. The first-order valence-electron chi connectivity index (χ1n) is 10.7. The minimum atomic E-state index is -0.711. The number of aromatic nitrogens is 1. The zero-order valence-corrected chi connectivity index (χ0v) is 19.0. The number of anilines is 2. The number of carbonyl (C=O) groups excluding carboxylic acids is 2. The van der Waals surface area contributed by atoms with Gasteiger partial charge in [-0.3, -0.25) is 15.0 Å². The Kier molecular flexibility index (Phi) is 6.79. The maximum atomic E-state index is 14.8. The molecule has 2 aromatic heterocycles. The van der Waals surface area contributed by atoms with E-state index in [-0.39, 0.29) is 16.3 Å². The first-order valence-corrected chi connectivity index (χ1v) is 11.6. The Hall–Kier alpha value is -3.59. The van der Waals surface area contributed by atoms with E-state index in [1.165, 1.54) is 12.1 Å². The number of nitrogens with zero attached hydrogens (tertiary/aromatic N) is 2. The van der Waals surface area contributed by atoms with Gasteiger partial charge in [-0.15, -0.1) is 11.3 Å². The van der Waals surface area contributed by atoms with E-state index in [4.69, 9.17) is 5.41 Å². The molecule has 9 heteroatoms. The van der Waals surface area contributed by atoms with Crippen molar-refractivity contribution >= 4 is 40.5 Å². The third-order valence-corrected chi connectivity index (χ3v) is 6.35. The molecule has 4 rings (SSSR count). The van der Waals surface area contributed by atoms with Crippen LogP contribution in [0.3, 0.4) is 0 Å². The van der Waals surface area contributed by atoms with Gasteiger partial charge in [0.1, 0.15) is 22.3 Å². The van der Waals surface area contributed by atoms with Gasteiger partial charge in [0, 0.05) is 24.8 Å². The number of halogens is 1. The van der Waals surface area contributed by atoms with Crippen molar-refractivity contribution in [2.75, 3.05) is 23.7 Å². The number of hydrogen-bond donors (Lipinski definition) is 3. The molecule has 0 atom stereocenters. The standard InChI is InChI=1S/C24H24FN5O2S/c1-15-5-8-20(27-14-15)29-24(32)21-19(9-12-33-21)28-23(31)17-7-6-16(13-18(17)25)22(26)30-10-3-2-4-11-30/h5-9,12-14,26H,2-4,10-11H2,1H3,(H,28,31)(H,27,29,32). The van der Waals surface area contributed by atoms with E-state index in [9.17, 15) is 14.0 Å². The molecule has 2 amide bonds. The van der Waals surface area contributed by atoms with Crippen molar-refractivity contribution in [2.24, 2.45) is 0 Å². The van der Waals surface area contributed by atoms with Crippen LogP contribution in [0.25, 0.3) is 0 Å². The molecule has 7 nitrogen and oxygen atoms in total. The number of benzene rings is 1. The molecule has 3 aromatic rings. The van der Waals surface area contributed by atoms with E-state index >= 15 is 0 Å². The Balaban J connectivity index is 1.45. The lowest BCUT2D eigenvalue weighted by molar-refractivity contribution is 0.102. The van der Waals surface area contributed by atoms with Gasteiger partial charge in [-0.1, -0.05) is 12.1 Å². The summed E-state index contributed by atoms with van der Waals surface area (Å²) in [6, 6.07) is 9.29. The normalized spacial score (nSPS) is 13.5. The van der Waals surface area contributed by atoms with Gasteiger partial charge in [0.15, 0.2) is 0 Å². The van der Waals surface area contributed by atoms with Crippen molar-refractivity contribution in [3.05, 3.63) is 75.4 Å². The number of aryl methyl sites for hydroxylation is 1. The molecule has 1 fully saturated rings. The monoisotopic (exact) mass is 465 g/mol. The summed E-state index contributed by atoms with van der Waals surface area (Å²) in [5, 5.41) is 15.3. The number of likely N-dealkylation sites (tertiary alicyclic amines) is 1. The molecule has 0 bridgehead atoms. The zero-order chi connectivity index (χ0) is 23.4. The SMILES string of the molecule is Cc1ccc(NC(=O)c2sccc2NC(=O)c2ccc(C(=N)N3CCCCC3)cc2F)nc1. The van der Waals surface area contributed by atoms with Gasteiger partial charge in [0.05, 0.1) is 11.3 Å². The first kappa shape index (κ1) is 22.6. The summed E-state index contributed by atoms with van der Waals surface area (Å²) >= 11 is 1.16. The Morgan fingerprint density at radius 3 is 2.55 bits per heavy atom. The van der Waals surface area contributed by atoms with Crippen LogP contribution < -0.4 is 10.6 Å². The number of thiophene rings is 1. The number of piperidine rings is 1. The molecule has 0 aliphatic carbocycles. The fourth-order valence-electron chi connectivity index (χ4n) is 3.63. The molecule has 1 saturated heterocycles. The summed E-state index contributed by atoms with van der Waals surface area (Å²) in [6.45, 7) is 3.46. The highest BCUT2D eigenvalue weighted by Crippen LogP contribution is 2.25. The van der Waals surface area contributed by atoms with E-state index in [0.717, 1.165) is 49.3 Å². The minimum Gasteiger partial charge on any atom is -0.357 e. The molecule has 33 heavy (non-hydrogen) atoms. The van der Waals surface area contributed by atoms with Crippen LogP contribution in [-0.2, 0) is 0 Å². The Morgan fingerprint density at radius 1 is 1.06 bits per heavy atom. The maximum Gasteiger partial charge on any atom is 0.269 e. The lowest BCUT2D eigenvalue weighted by atomic mass is 10.1. The van der Waals surface area contributed by atoms with Crippen molar-refractivity contribution in [2.45, 2.75) is 26.2 Å². The fraction of sp³-hybridized carbons (Fsp3) is 0.250. The topological polar surface area (TPSA) is 98.2 Å². The molecule has 0 unspecified atom stereocenters. The van der Waals surface area contributed by atoms with Crippen LogP contribution in [-0.4, -0.2) is 40.6 Å². The van der Waals surface area contributed by atoms with Crippen LogP contribution in [0, 0.1) is 18.2 Å². The van der Waals surface area contributed by atoms with Crippen LogP contribution >= 0.6 is 11.3 Å².